The van der Waals surface area contributed by atoms with Gasteiger partial charge in [-0.2, -0.15) is 8.42 Å². The normalized spacial score (nSPS) is 11.3. The largest absolute Gasteiger partial charge is 0.394 e. The molecule has 0 saturated carbocycles. The molecular weight excluding hydrogens is 500 g/mol. The molecule has 1 rings (SSSR count). The Morgan fingerprint density at radius 2 is 0.833 bits per heavy atom. The summed E-state index contributed by atoms with van der Waals surface area (Å²) in [5, 5.41) is 25.2. The van der Waals surface area contributed by atoms with Crippen LogP contribution in [0, 0.1) is 6.92 Å². The quantitative estimate of drug-likeness (QED) is 0.123. The molecule has 212 valence electrons. The van der Waals surface area contributed by atoms with E-state index in [-0.39, 0.29) is 37.9 Å². The first kappa shape index (κ1) is 34.8. The summed E-state index contributed by atoms with van der Waals surface area (Å²) in [5.41, 5.74) is 0.981. The van der Waals surface area contributed by atoms with Gasteiger partial charge >= 0.3 is 0 Å². The van der Waals surface area contributed by atoms with Crippen molar-refractivity contribution in [2.24, 2.45) is 0 Å². The molecule has 0 saturated heterocycles. The van der Waals surface area contributed by atoms with Gasteiger partial charge < -0.3 is 43.7 Å². The summed E-state index contributed by atoms with van der Waals surface area (Å²) in [6, 6.07) is 6.46. The van der Waals surface area contributed by atoms with Crippen molar-refractivity contribution in [2.45, 2.75) is 11.8 Å². The minimum Gasteiger partial charge on any atom is -0.394 e. The molecule has 1 aromatic rings. The van der Waals surface area contributed by atoms with Crippen LogP contribution < -0.4 is 0 Å². The fourth-order valence-electron chi connectivity index (χ4n) is 2.25. The number of aliphatic hydroxyl groups is 3. The second-order valence-electron chi connectivity index (χ2n) is 6.93. The van der Waals surface area contributed by atoms with E-state index in [2.05, 4.69) is 0 Å². The summed E-state index contributed by atoms with van der Waals surface area (Å²) < 4.78 is 59.1. The summed E-state index contributed by atoms with van der Waals surface area (Å²) in [7, 11) is -3.74. The van der Waals surface area contributed by atoms with E-state index >= 15 is 0 Å². The van der Waals surface area contributed by atoms with E-state index in [0.29, 0.717) is 72.7 Å². The highest BCUT2D eigenvalue weighted by Crippen LogP contribution is 2.12. The van der Waals surface area contributed by atoms with Crippen LogP contribution in [-0.4, -0.2) is 129 Å². The lowest BCUT2D eigenvalue weighted by Gasteiger charge is -2.08. The Labute approximate surface area is 214 Å². The second kappa shape index (κ2) is 25.4. The molecule has 13 heteroatoms. The monoisotopic (exact) mass is 542 g/mol. The molecule has 0 spiro atoms. The molecule has 1 aromatic carbocycles. The smallest absolute Gasteiger partial charge is 0.297 e. The Hall–Kier alpha value is -1.23. The average Bonchev–Trinajstić information content (AvgIpc) is 2.87. The van der Waals surface area contributed by atoms with Crippen LogP contribution in [0.15, 0.2) is 29.2 Å². The second-order valence-corrected chi connectivity index (χ2v) is 8.55. The minimum atomic E-state index is -3.74. The van der Waals surface area contributed by atoms with Crippen LogP contribution in [0.1, 0.15) is 5.56 Å². The molecule has 0 aromatic heterocycles. The molecule has 0 radical (unpaired) electrons. The zero-order valence-corrected chi connectivity index (χ0v) is 21.9. The van der Waals surface area contributed by atoms with Crippen LogP contribution >= 0.6 is 0 Å². The number of hydrogen-bond acceptors (Lipinski definition) is 12. The van der Waals surface area contributed by atoms with Crippen molar-refractivity contribution >= 4 is 10.1 Å². The van der Waals surface area contributed by atoms with Gasteiger partial charge in [-0.1, -0.05) is 17.7 Å². The molecule has 3 N–H and O–H groups in total. The van der Waals surface area contributed by atoms with Crippen LogP contribution in [0.4, 0.5) is 0 Å². The number of hydrogen-bond donors (Lipinski definition) is 3. The standard InChI is InChI=1S/C15H24O7S.C8H18O5/c1-14-2-4-15(5-3-14)23(17,18)22-13-12-21-11-10-20-9-8-19-7-6-16;9-1-3-11-5-7-13-8-6-12-4-2-10/h2-5,16H,6-13H2,1H3;9-10H,1-8H2. The molecule has 0 amide bonds. The van der Waals surface area contributed by atoms with Crippen LogP contribution in [0.3, 0.4) is 0 Å². The third-order valence-corrected chi connectivity index (χ3v) is 5.30. The molecule has 0 fully saturated rings. The Kier molecular flexibility index (Phi) is 24.6. The molecule has 0 unspecified atom stereocenters. The first-order valence-electron chi connectivity index (χ1n) is 11.7. The minimum absolute atomic E-state index is 0.00535. The zero-order valence-electron chi connectivity index (χ0n) is 21.0. The summed E-state index contributed by atoms with van der Waals surface area (Å²) in [5.74, 6) is 0. The van der Waals surface area contributed by atoms with Gasteiger partial charge in [-0.05, 0) is 19.1 Å². The predicted octanol–water partition coefficient (Wildman–Crippen LogP) is -0.237. The highest BCUT2D eigenvalue weighted by molar-refractivity contribution is 7.86. The van der Waals surface area contributed by atoms with Crippen molar-refractivity contribution in [2.75, 3.05) is 106 Å². The van der Waals surface area contributed by atoms with Crippen molar-refractivity contribution in [3.63, 3.8) is 0 Å². The Balaban J connectivity index is 0.000000802. The number of ether oxygens (including phenoxy) is 6. The molecule has 0 aliphatic heterocycles. The topological polar surface area (TPSA) is 159 Å². The van der Waals surface area contributed by atoms with E-state index in [4.69, 9.17) is 47.9 Å². The van der Waals surface area contributed by atoms with Crippen LogP contribution in [0.5, 0.6) is 0 Å². The molecule has 12 nitrogen and oxygen atoms in total. The first-order chi connectivity index (χ1) is 17.5. The lowest BCUT2D eigenvalue weighted by Crippen LogP contribution is -2.14. The van der Waals surface area contributed by atoms with Gasteiger partial charge in [0.15, 0.2) is 0 Å². The van der Waals surface area contributed by atoms with Gasteiger partial charge in [0.1, 0.15) is 0 Å². The van der Waals surface area contributed by atoms with Crippen molar-refractivity contribution in [3.05, 3.63) is 29.8 Å². The summed E-state index contributed by atoms with van der Waals surface area (Å²) in [6.45, 7) is 6.61. The highest BCUT2D eigenvalue weighted by Gasteiger charge is 2.14. The zero-order chi connectivity index (χ0) is 26.7. The van der Waals surface area contributed by atoms with E-state index in [0.717, 1.165) is 5.56 Å². The summed E-state index contributed by atoms with van der Waals surface area (Å²) >= 11 is 0. The van der Waals surface area contributed by atoms with Gasteiger partial charge in [0.05, 0.1) is 111 Å². The van der Waals surface area contributed by atoms with E-state index in [1.807, 2.05) is 6.92 Å². The SMILES string of the molecule is Cc1ccc(S(=O)(=O)OCCOCCOCCOCCO)cc1.OCCOCCOCCOCCO. The third-order valence-electron chi connectivity index (χ3n) is 3.97. The average molecular weight is 543 g/mol. The van der Waals surface area contributed by atoms with Crippen molar-refractivity contribution in [3.8, 4) is 0 Å². The maximum absolute atomic E-state index is 11.9. The summed E-state index contributed by atoms with van der Waals surface area (Å²) in [6.07, 6.45) is 0. The third kappa shape index (κ3) is 22.0. The van der Waals surface area contributed by atoms with Crippen LogP contribution in [0.25, 0.3) is 0 Å². The van der Waals surface area contributed by atoms with Gasteiger partial charge in [0, 0.05) is 0 Å². The lowest BCUT2D eigenvalue weighted by atomic mass is 10.2. The van der Waals surface area contributed by atoms with Crippen LogP contribution in [0.2, 0.25) is 0 Å². The van der Waals surface area contributed by atoms with Gasteiger partial charge in [0.25, 0.3) is 10.1 Å². The molecule has 0 heterocycles. The van der Waals surface area contributed by atoms with E-state index in [9.17, 15) is 8.42 Å². The molecule has 0 aliphatic rings. The number of aliphatic hydroxyl groups excluding tert-OH is 3. The van der Waals surface area contributed by atoms with Gasteiger partial charge in [-0.3, -0.25) is 4.18 Å². The van der Waals surface area contributed by atoms with Crippen molar-refractivity contribution in [1.29, 1.82) is 0 Å². The Bertz CT molecular complexity index is 675. The Morgan fingerprint density at radius 3 is 1.17 bits per heavy atom. The lowest BCUT2D eigenvalue weighted by molar-refractivity contribution is 0.00230. The molecule has 36 heavy (non-hydrogen) atoms. The molecular formula is C23H42O12S. The maximum Gasteiger partial charge on any atom is 0.297 e. The van der Waals surface area contributed by atoms with Gasteiger partial charge in [-0.15, -0.1) is 0 Å². The number of rotatable bonds is 23. The van der Waals surface area contributed by atoms with E-state index in [1.54, 1.807) is 12.1 Å². The van der Waals surface area contributed by atoms with Gasteiger partial charge in [-0.25, -0.2) is 0 Å². The van der Waals surface area contributed by atoms with Crippen molar-refractivity contribution < 1.29 is 56.3 Å². The first-order valence-corrected chi connectivity index (χ1v) is 13.1. The van der Waals surface area contributed by atoms with Gasteiger partial charge in [0.2, 0.25) is 0 Å². The van der Waals surface area contributed by atoms with Crippen molar-refractivity contribution in [1.82, 2.24) is 0 Å². The highest BCUT2D eigenvalue weighted by atomic mass is 32.2. The molecule has 0 aliphatic carbocycles. The fraction of sp³-hybridized carbons (Fsp3) is 0.739. The predicted molar refractivity (Wildman–Crippen MR) is 130 cm³/mol. The molecule has 0 bridgehead atoms. The van der Waals surface area contributed by atoms with E-state index in [1.165, 1.54) is 12.1 Å². The summed E-state index contributed by atoms with van der Waals surface area (Å²) in [4.78, 5) is 0.134. The number of benzene rings is 1. The maximum atomic E-state index is 11.9. The van der Waals surface area contributed by atoms with Crippen LogP contribution in [-0.2, 0) is 42.7 Å². The Morgan fingerprint density at radius 1 is 0.528 bits per heavy atom. The van der Waals surface area contributed by atoms with E-state index < -0.39 is 10.1 Å². The number of aryl methyl sites for hydroxylation is 1. The fourth-order valence-corrected chi connectivity index (χ4v) is 3.15. The molecule has 0 atom stereocenters.